The number of rotatable bonds is 10. The van der Waals surface area contributed by atoms with Crippen LogP contribution in [0.25, 0.3) is 0 Å². The van der Waals surface area contributed by atoms with E-state index in [4.69, 9.17) is 23.2 Å². The van der Waals surface area contributed by atoms with Crippen LogP contribution in [-0.2, 0) is 26.2 Å². The predicted molar refractivity (Wildman–Crippen MR) is 143 cm³/mol. The molecule has 0 unspecified atom stereocenters. The summed E-state index contributed by atoms with van der Waals surface area (Å²) in [5, 5.41) is 2.83. The van der Waals surface area contributed by atoms with Crippen molar-refractivity contribution >= 4 is 50.7 Å². The molecule has 3 aromatic rings. The fourth-order valence-corrected chi connectivity index (χ4v) is 5.66. The van der Waals surface area contributed by atoms with Gasteiger partial charge in [-0.2, -0.15) is 0 Å². The van der Waals surface area contributed by atoms with Gasteiger partial charge in [0.15, 0.2) is 0 Å². The molecule has 7 nitrogen and oxygen atoms in total. The minimum absolute atomic E-state index is 0.0149. The van der Waals surface area contributed by atoms with Gasteiger partial charge in [0.05, 0.1) is 15.6 Å². The molecule has 0 heterocycles. The molecule has 2 amide bonds. The summed E-state index contributed by atoms with van der Waals surface area (Å²) in [4.78, 5) is 27.7. The van der Waals surface area contributed by atoms with Gasteiger partial charge in [0.2, 0.25) is 11.8 Å². The Morgan fingerprint density at radius 3 is 2.24 bits per heavy atom. The first-order valence-electron chi connectivity index (χ1n) is 11.4. The summed E-state index contributed by atoms with van der Waals surface area (Å²) in [6.07, 6.45) is 0.260. The molecule has 3 rings (SSSR count). The van der Waals surface area contributed by atoms with E-state index >= 15 is 0 Å². The van der Waals surface area contributed by atoms with Crippen LogP contribution in [0.1, 0.15) is 18.9 Å². The standard InChI is InChI=1S/C26H26Cl2FN3O4S/c1-3-23(26(34)30-2)31(16-18-9-12-20(29)13-10-18)25(33)17-32(24-15-19(27)11-14-22(24)28)37(35,36)21-7-5-4-6-8-21/h4-15,23H,3,16-17H2,1-2H3,(H,30,34)/t23-/m1/s1. The normalized spacial score (nSPS) is 12.0. The van der Waals surface area contributed by atoms with Crippen molar-refractivity contribution in [2.24, 2.45) is 0 Å². The molecule has 0 saturated heterocycles. The molecule has 0 bridgehead atoms. The van der Waals surface area contributed by atoms with E-state index in [2.05, 4.69) is 5.32 Å². The Morgan fingerprint density at radius 2 is 1.65 bits per heavy atom. The molecule has 0 fully saturated rings. The van der Waals surface area contributed by atoms with Gasteiger partial charge in [0, 0.05) is 18.6 Å². The lowest BCUT2D eigenvalue weighted by Crippen LogP contribution is -2.51. The lowest BCUT2D eigenvalue weighted by molar-refractivity contribution is -0.140. The van der Waals surface area contributed by atoms with Gasteiger partial charge in [-0.3, -0.25) is 13.9 Å². The third-order valence-corrected chi connectivity index (χ3v) is 8.01. The first-order valence-corrected chi connectivity index (χ1v) is 13.6. The van der Waals surface area contributed by atoms with Gasteiger partial charge >= 0.3 is 0 Å². The minimum atomic E-state index is -4.27. The second-order valence-electron chi connectivity index (χ2n) is 8.11. The molecule has 0 aliphatic rings. The van der Waals surface area contributed by atoms with Gasteiger partial charge < -0.3 is 10.2 Å². The van der Waals surface area contributed by atoms with E-state index < -0.39 is 40.2 Å². The van der Waals surface area contributed by atoms with E-state index in [0.717, 1.165) is 4.31 Å². The second-order valence-corrected chi connectivity index (χ2v) is 10.8. The van der Waals surface area contributed by atoms with Crippen LogP contribution >= 0.6 is 23.2 Å². The van der Waals surface area contributed by atoms with Gasteiger partial charge in [0.25, 0.3) is 10.0 Å². The molecule has 0 aromatic heterocycles. The average molecular weight is 566 g/mol. The summed E-state index contributed by atoms with van der Waals surface area (Å²) in [7, 11) is -2.82. The Hall–Kier alpha value is -3.14. The maximum atomic E-state index is 13.8. The molecule has 0 radical (unpaired) electrons. The summed E-state index contributed by atoms with van der Waals surface area (Å²) in [5.41, 5.74) is 0.580. The summed E-state index contributed by atoms with van der Waals surface area (Å²) in [6, 6.07) is 16.5. The van der Waals surface area contributed by atoms with Gasteiger partial charge in [-0.05, 0) is 54.4 Å². The van der Waals surface area contributed by atoms with Crippen molar-refractivity contribution < 1.29 is 22.4 Å². The van der Waals surface area contributed by atoms with Crippen molar-refractivity contribution in [2.45, 2.75) is 30.8 Å². The van der Waals surface area contributed by atoms with Crippen LogP contribution in [0.5, 0.6) is 0 Å². The zero-order chi connectivity index (χ0) is 27.2. The smallest absolute Gasteiger partial charge is 0.264 e. The van der Waals surface area contributed by atoms with E-state index in [9.17, 15) is 22.4 Å². The number of halogens is 3. The second kappa shape index (κ2) is 12.4. The molecule has 37 heavy (non-hydrogen) atoms. The number of carbonyl (C=O) groups excluding carboxylic acids is 2. The number of benzene rings is 3. The zero-order valence-corrected chi connectivity index (χ0v) is 22.5. The molecule has 196 valence electrons. The third-order valence-electron chi connectivity index (χ3n) is 5.69. The number of anilines is 1. The molecule has 0 spiro atoms. The molecule has 11 heteroatoms. The Balaban J connectivity index is 2.09. The van der Waals surface area contributed by atoms with E-state index in [1.165, 1.54) is 66.5 Å². The highest BCUT2D eigenvalue weighted by molar-refractivity contribution is 7.92. The molecule has 1 N–H and O–H groups in total. The highest BCUT2D eigenvalue weighted by Gasteiger charge is 2.34. The van der Waals surface area contributed by atoms with Crippen LogP contribution < -0.4 is 9.62 Å². The monoisotopic (exact) mass is 565 g/mol. The van der Waals surface area contributed by atoms with Crippen LogP contribution in [0.3, 0.4) is 0 Å². The Bertz CT molecular complexity index is 1360. The highest BCUT2D eigenvalue weighted by atomic mass is 35.5. The summed E-state index contributed by atoms with van der Waals surface area (Å²) in [5.74, 6) is -1.53. The Morgan fingerprint density at radius 1 is 1.00 bits per heavy atom. The molecule has 3 aromatic carbocycles. The molecular formula is C26H26Cl2FN3O4S. The fraction of sp³-hybridized carbons (Fsp3) is 0.231. The van der Waals surface area contributed by atoms with E-state index in [1.54, 1.807) is 25.1 Å². The van der Waals surface area contributed by atoms with Crippen molar-refractivity contribution in [1.82, 2.24) is 10.2 Å². The van der Waals surface area contributed by atoms with Crippen molar-refractivity contribution in [2.75, 3.05) is 17.9 Å². The number of hydrogen-bond donors (Lipinski definition) is 1. The summed E-state index contributed by atoms with van der Waals surface area (Å²) in [6.45, 7) is 1.02. The summed E-state index contributed by atoms with van der Waals surface area (Å²) < 4.78 is 41.8. The lowest BCUT2D eigenvalue weighted by Gasteiger charge is -2.33. The Kier molecular flexibility index (Phi) is 9.53. The van der Waals surface area contributed by atoms with Crippen LogP contribution in [0, 0.1) is 5.82 Å². The van der Waals surface area contributed by atoms with Crippen molar-refractivity contribution in [3.63, 3.8) is 0 Å². The Labute approximate surface area is 225 Å². The average Bonchev–Trinajstić information content (AvgIpc) is 2.89. The maximum Gasteiger partial charge on any atom is 0.264 e. The van der Waals surface area contributed by atoms with E-state index in [1.807, 2.05) is 0 Å². The maximum absolute atomic E-state index is 13.8. The molecule has 0 saturated carbocycles. The number of nitrogens with one attached hydrogen (secondary N) is 1. The van der Waals surface area contributed by atoms with Crippen LogP contribution in [0.15, 0.2) is 77.7 Å². The molecule has 0 aliphatic carbocycles. The van der Waals surface area contributed by atoms with Crippen LogP contribution in [0.2, 0.25) is 10.0 Å². The van der Waals surface area contributed by atoms with E-state index in [-0.39, 0.29) is 33.6 Å². The van der Waals surface area contributed by atoms with Crippen molar-refractivity contribution in [3.8, 4) is 0 Å². The van der Waals surface area contributed by atoms with Gasteiger partial charge in [-0.15, -0.1) is 0 Å². The topological polar surface area (TPSA) is 86.8 Å². The molecular weight excluding hydrogens is 540 g/mol. The largest absolute Gasteiger partial charge is 0.357 e. The fourth-order valence-electron chi connectivity index (χ4n) is 3.78. The van der Waals surface area contributed by atoms with Crippen LogP contribution in [-0.4, -0.2) is 44.8 Å². The number of likely N-dealkylation sites (N-methyl/N-ethyl adjacent to an activating group) is 1. The highest BCUT2D eigenvalue weighted by Crippen LogP contribution is 2.33. The van der Waals surface area contributed by atoms with Crippen molar-refractivity contribution in [1.29, 1.82) is 0 Å². The number of hydrogen-bond acceptors (Lipinski definition) is 4. The number of carbonyl (C=O) groups is 2. The lowest BCUT2D eigenvalue weighted by atomic mass is 10.1. The van der Waals surface area contributed by atoms with Crippen LogP contribution in [0.4, 0.5) is 10.1 Å². The van der Waals surface area contributed by atoms with Gasteiger partial charge in [0.1, 0.15) is 18.4 Å². The molecule has 1 atom stereocenters. The predicted octanol–water partition coefficient (Wildman–Crippen LogP) is 4.88. The first-order chi connectivity index (χ1) is 17.6. The zero-order valence-electron chi connectivity index (χ0n) is 20.2. The van der Waals surface area contributed by atoms with Crippen molar-refractivity contribution in [3.05, 3.63) is 94.2 Å². The van der Waals surface area contributed by atoms with Gasteiger partial charge in [-0.25, -0.2) is 12.8 Å². The van der Waals surface area contributed by atoms with E-state index in [0.29, 0.717) is 5.56 Å². The molecule has 0 aliphatic heterocycles. The minimum Gasteiger partial charge on any atom is -0.357 e. The van der Waals surface area contributed by atoms with Gasteiger partial charge in [-0.1, -0.05) is 60.5 Å². The summed E-state index contributed by atoms with van der Waals surface area (Å²) >= 11 is 12.5. The number of amides is 2. The SMILES string of the molecule is CC[C@H](C(=O)NC)N(Cc1ccc(F)cc1)C(=O)CN(c1cc(Cl)ccc1Cl)S(=O)(=O)c1ccccc1. The number of sulfonamides is 1. The third kappa shape index (κ3) is 6.80. The first kappa shape index (κ1) is 28.4. The number of nitrogens with zero attached hydrogens (tertiary/aromatic N) is 2. The quantitative estimate of drug-likeness (QED) is 0.379.